The first-order valence-corrected chi connectivity index (χ1v) is 13.8. The number of aliphatic hydroxyl groups excluding tert-OH is 1. The summed E-state index contributed by atoms with van der Waals surface area (Å²) in [5.74, 6) is 1.32. The molecule has 0 radical (unpaired) electrons. The van der Waals surface area contributed by atoms with Gasteiger partial charge in [-0.05, 0) is 124 Å². The second-order valence-electron chi connectivity index (χ2n) is 14.5. The lowest BCUT2D eigenvalue weighted by atomic mass is 9.35. The van der Waals surface area contributed by atoms with Crippen molar-refractivity contribution < 1.29 is 15.3 Å². The van der Waals surface area contributed by atoms with Crippen LogP contribution in [0.4, 0.5) is 0 Å². The Kier molecular flexibility index (Phi) is 6.08. The number of rotatable bonds is 4. The molecule has 3 nitrogen and oxygen atoms in total. The lowest BCUT2D eigenvalue weighted by Gasteiger charge is -2.70. The fourth-order valence-electron chi connectivity index (χ4n) is 10.3. The SMILES string of the molecule is CC(C)=CCC[C@](C)(O)[C@]1(O)CC[C@@]2(C)[C@H]1CC[C@@H]1[C@@]3(C)CC[C@@H](O)C(C)(C)C3CC[C@]12C. The molecule has 0 aromatic rings. The molecule has 190 valence electrons. The maximum absolute atomic E-state index is 12.2. The molecule has 0 amide bonds. The average molecular weight is 461 g/mol. The third-order valence-electron chi connectivity index (χ3n) is 12.6. The number of fused-ring (bicyclic) bond motifs is 5. The Labute approximate surface area is 203 Å². The molecule has 4 fully saturated rings. The zero-order valence-corrected chi connectivity index (χ0v) is 22.8. The predicted molar refractivity (Wildman–Crippen MR) is 136 cm³/mol. The molecule has 0 aromatic carbocycles. The second kappa shape index (κ2) is 7.81. The normalized spacial score (nSPS) is 50.5. The van der Waals surface area contributed by atoms with Gasteiger partial charge in [-0.2, -0.15) is 0 Å². The Balaban J connectivity index is 1.66. The first-order valence-electron chi connectivity index (χ1n) is 13.8. The topological polar surface area (TPSA) is 60.7 Å². The molecule has 4 rings (SSSR count). The van der Waals surface area contributed by atoms with Crippen molar-refractivity contribution in [3.05, 3.63) is 11.6 Å². The van der Waals surface area contributed by atoms with Crippen molar-refractivity contribution >= 4 is 0 Å². The fraction of sp³-hybridized carbons (Fsp3) is 0.933. The molecule has 4 aliphatic rings. The summed E-state index contributed by atoms with van der Waals surface area (Å²) in [5, 5.41) is 34.7. The smallest absolute Gasteiger partial charge is 0.0964 e. The molecule has 4 aliphatic carbocycles. The van der Waals surface area contributed by atoms with Crippen LogP contribution in [0.2, 0.25) is 0 Å². The van der Waals surface area contributed by atoms with Crippen LogP contribution in [0.1, 0.15) is 120 Å². The third-order valence-corrected chi connectivity index (χ3v) is 12.6. The highest BCUT2D eigenvalue weighted by molar-refractivity contribution is 5.22. The van der Waals surface area contributed by atoms with Gasteiger partial charge in [0.15, 0.2) is 0 Å². The molecule has 0 spiro atoms. The summed E-state index contributed by atoms with van der Waals surface area (Å²) in [6, 6.07) is 0. The van der Waals surface area contributed by atoms with E-state index in [2.05, 4.69) is 54.5 Å². The first kappa shape index (κ1) is 25.7. The lowest BCUT2D eigenvalue weighted by molar-refractivity contribution is -0.246. The minimum atomic E-state index is -1.07. The molecule has 0 aromatic heterocycles. The highest BCUT2D eigenvalue weighted by atomic mass is 16.4. The van der Waals surface area contributed by atoms with E-state index in [4.69, 9.17) is 0 Å². The van der Waals surface area contributed by atoms with Crippen LogP contribution in [0.5, 0.6) is 0 Å². The van der Waals surface area contributed by atoms with E-state index >= 15 is 0 Å². The van der Waals surface area contributed by atoms with Gasteiger partial charge in [0.25, 0.3) is 0 Å². The molecule has 1 unspecified atom stereocenters. The molecule has 3 N–H and O–H groups in total. The van der Waals surface area contributed by atoms with E-state index in [9.17, 15) is 15.3 Å². The van der Waals surface area contributed by atoms with E-state index in [-0.39, 0.29) is 33.7 Å². The first-order chi connectivity index (χ1) is 15.1. The van der Waals surface area contributed by atoms with Gasteiger partial charge in [0.1, 0.15) is 0 Å². The number of hydrogen-bond acceptors (Lipinski definition) is 3. The quantitative estimate of drug-likeness (QED) is 0.412. The van der Waals surface area contributed by atoms with Crippen molar-refractivity contribution in [2.24, 2.45) is 39.4 Å². The van der Waals surface area contributed by atoms with Gasteiger partial charge in [0, 0.05) is 0 Å². The van der Waals surface area contributed by atoms with Gasteiger partial charge in [-0.15, -0.1) is 0 Å². The Hall–Kier alpha value is -0.380. The van der Waals surface area contributed by atoms with Crippen molar-refractivity contribution in [3.63, 3.8) is 0 Å². The summed E-state index contributed by atoms with van der Waals surface area (Å²) in [5.41, 5.74) is -0.381. The van der Waals surface area contributed by atoms with Gasteiger partial charge < -0.3 is 15.3 Å². The number of aliphatic hydroxyl groups is 3. The van der Waals surface area contributed by atoms with Crippen molar-refractivity contribution in [3.8, 4) is 0 Å². The van der Waals surface area contributed by atoms with Gasteiger partial charge >= 0.3 is 0 Å². The third kappa shape index (κ3) is 3.38. The zero-order chi connectivity index (χ0) is 24.7. The second-order valence-corrected chi connectivity index (χ2v) is 14.5. The van der Waals surface area contributed by atoms with E-state index in [1.807, 2.05) is 6.92 Å². The zero-order valence-electron chi connectivity index (χ0n) is 22.8. The van der Waals surface area contributed by atoms with Gasteiger partial charge in [0.05, 0.1) is 17.3 Å². The molecular weight excluding hydrogens is 408 g/mol. The molecular formula is C30H52O3. The molecule has 33 heavy (non-hydrogen) atoms. The summed E-state index contributed by atoms with van der Waals surface area (Å²) in [6.07, 6.45) is 11.7. The predicted octanol–water partition coefficient (Wildman–Crippen LogP) is 6.64. The van der Waals surface area contributed by atoms with Crippen LogP contribution < -0.4 is 0 Å². The van der Waals surface area contributed by atoms with Gasteiger partial charge in [-0.1, -0.05) is 46.3 Å². The average Bonchev–Trinajstić information content (AvgIpc) is 2.99. The minimum absolute atomic E-state index is 0.0307. The molecule has 9 atom stereocenters. The van der Waals surface area contributed by atoms with E-state index in [1.165, 1.54) is 18.4 Å². The van der Waals surface area contributed by atoms with E-state index in [0.717, 1.165) is 38.5 Å². The van der Waals surface area contributed by atoms with Crippen LogP contribution in [-0.4, -0.2) is 32.6 Å². The molecule has 0 aliphatic heterocycles. The van der Waals surface area contributed by atoms with Crippen LogP contribution in [-0.2, 0) is 0 Å². The van der Waals surface area contributed by atoms with E-state index in [1.54, 1.807) is 0 Å². The van der Waals surface area contributed by atoms with Crippen LogP contribution in [0.15, 0.2) is 11.6 Å². The maximum atomic E-state index is 12.2. The molecule has 0 saturated heterocycles. The highest BCUT2D eigenvalue weighted by Crippen LogP contribution is 2.76. The van der Waals surface area contributed by atoms with E-state index < -0.39 is 11.2 Å². The van der Waals surface area contributed by atoms with E-state index in [0.29, 0.717) is 24.7 Å². The van der Waals surface area contributed by atoms with Crippen molar-refractivity contribution in [1.29, 1.82) is 0 Å². The van der Waals surface area contributed by atoms with Crippen LogP contribution in [0.25, 0.3) is 0 Å². The summed E-state index contributed by atoms with van der Waals surface area (Å²) in [6.45, 7) is 18.2. The highest BCUT2D eigenvalue weighted by Gasteiger charge is 2.72. The maximum Gasteiger partial charge on any atom is 0.0964 e. The molecule has 3 heteroatoms. The molecule has 4 saturated carbocycles. The van der Waals surface area contributed by atoms with Crippen LogP contribution >= 0.6 is 0 Å². The largest absolute Gasteiger partial charge is 0.393 e. The summed E-state index contributed by atoms with van der Waals surface area (Å²) in [4.78, 5) is 0. The monoisotopic (exact) mass is 460 g/mol. The van der Waals surface area contributed by atoms with Gasteiger partial charge in [-0.25, -0.2) is 0 Å². The van der Waals surface area contributed by atoms with Crippen molar-refractivity contribution in [2.75, 3.05) is 0 Å². The molecule has 0 bridgehead atoms. The summed E-state index contributed by atoms with van der Waals surface area (Å²) >= 11 is 0. The Morgan fingerprint density at radius 1 is 0.848 bits per heavy atom. The molecule has 0 heterocycles. The number of hydrogen-bond donors (Lipinski definition) is 3. The van der Waals surface area contributed by atoms with Gasteiger partial charge in [-0.3, -0.25) is 0 Å². The van der Waals surface area contributed by atoms with Crippen molar-refractivity contribution in [2.45, 2.75) is 137 Å². The Bertz CT molecular complexity index is 794. The summed E-state index contributed by atoms with van der Waals surface area (Å²) in [7, 11) is 0. The summed E-state index contributed by atoms with van der Waals surface area (Å²) < 4.78 is 0. The van der Waals surface area contributed by atoms with Crippen LogP contribution in [0, 0.1) is 39.4 Å². The number of allylic oxidation sites excluding steroid dienone is 2. The lowest BCUT2D eigenvalue weighted by Crippen LogP contribution is -2.66. The van der Waals surface area contributed by atoms with Gasteiger partial charge in [0.2, 0.25) is 0 Å². The minimum Gasteiger partial charge on any atom is -0.393 e. The Morgan fingerprint density at radius 3 is 2.09 bits per heavy atom. The Morgan fingerprint density at radius 2 is 1.45 bits per heavy atom. The van der Waals surface area contributed by atoms with Crippen LogP contribution in [0.3, 0.4) is 0 Å². The van der Waals surface area contributed by atoms with Crippen molar-refractivity contribution in [1.82, 2.24) is 0 Å². The standard InChI is InChI=1S/C30H52O3/c1-20(2)10-9-15-29(8,32)30(33)19-18-28(7)23(30)12-11-22-26(5)16-14-24(31)25(3,4)21(26)13-17-27(22,28)6/h10,21-24,31-33H,9,11-19H2,1-8H3/t21?,22-,23-,24-,26+,27-,28+,29+,30+/m1/s1. The fourth-order valence-corrected chi connectivity index (χ4v) is 10.3.